The number of nitrogens with one attached hydrogen (secondary N) is 1. The molecule has 0 unspecified atom stereocenters. The molecule has 1 aliphatic heterocycles. The van der Waals surface area contributed by atoms with Crippen molar-refractivity contribution < 1.29 is 14.3 Å². The molecule has 1 N–H and O–H groups in total. The van der Waals surface area contributed by atoms with Gasteiger partial charge >= 0.3 is 0 Å². The Balaban J connectivity index is 1.85. The summed E-state index contributed by atoms with van der Waals surface area (Å²) in [4.78, 5) is 15.5. The van der Waals surface area contributed by atoms with E-state index in [2.05, 4.69) is 27.8 Å². The Bertz CT molecular complexity index is 1120. The Morgan fingerprint density at radius 3 is 2.74 bits per heavy atom. The lowest BCUT2D eigenvalue weighted by molar-refractivity contribution is 0.0974. The fourth-order valence-electron chi connectivity index (χ4n) is 3.64. The number of halogens is 1. The highest BCUT2D eigenvalue weighted by molar-refractivity contribution is 9.10. The number of carbonyl (C=O) groups excluding carboxylic acids is 1. The van der Waals surface area contributed by atoms with E-state index < -0.39 is 6.17 Å². The monoisotopic (exact) mass is 478 g/mol. The molecule has 5 nitrogen and oxygen atoms in total. The Kier molecular flexibility index (Phi) is 6.28. The fourth-order valence-corrected chi connectivity index (χ4v) is 4.00. The molecule has 0 radical (unpaired) electrons. The van der Waals surface area contributed by atoms with Gasteiger partial charge in [0.15, 0.2) is 0 Å². The summed E-state index contributed by atoms with van der Waals surface area (Å²) in [6, 6.07) is 20.9. The van der Waals surface area contributed by atoms with Crippen LogP contribution in [0.5, 0.6) is 11.5 Å². The summed E-state index contributed by atoms with van der Waals surface area (Å²) >= 11 is 3.48. The van der Waals surface area contributed by atoms with Gasteiger partial charge in [0.05, 0.1) is 17.9 Å². The third-order valence-electron chi connectivity index (χ3n) is 4.96. The average molecular weight is 479 g/mol. The Hall–Kier alpha value is -3.25. The first-order valence-corrected chi connectivity index (χ1v) is 10.9. The number of amides is 1. The first-order valence-electron chi connectivity index (χ1n) is 10.1. The van der Waals surface area contributed by atoms with E-state index in [-0.39, 0.29) is 5.91 Å². The van der Waals surface area contributed by atoms with Gasteiger partial charge in [0, 0.05) is 21.8 Å². The number of hydrogen-bond donors (Lipinski definition) is 1. The van der Waals surface area contributed by atoms with Crippen LogP contribution >= 0.6 is 15.9 Å². The van der Waals surface area contributed by atoms with Crippen molar-refractivity contribution in [2.45, 2.75) is 13.1 Å². The van der Waals surface area contributed by atoms with Gasteiger partial charge < -0.3 is 14.8 Å². The molecular weight excluding hydrogens is 456 g/mol. The van der Waals surface area contributed by atoms with Gasteiger partial charge in [0.2, 0.25) is 0 Å². The molecule has 158 valence electrons. The van der Waals surface area contributed by atoms with Crippen molar-refractivity contribution >= 4 is 33.2 Å². The maximum absolute atomic E-state index is 13.7. The summed E-state index contributed by atoms with van der Waals surface area (Å²) < 4.78 is 12.4. The fraction of sp³-hybridized carbons (Fsp3) is 0.160. The van der Waals surface area contributed by atoms with Crippen LogP contribution in [0.3, 0.4) is 0 Å². The van der Waals surface area contributed by atoms with Crippen molar-refractivity contribution in [1.82, 2.24) is 0 Å². The van der Waals surface area contributed by atoms with E-state index in [9.17, 15) is 4.79 Å². The van der Waals surface area contributed by atoms with Gasteiger partial charge in [-0.3, -0.25) is 9.69 Å². The Morgan fingerprint density at radius 2 is 1.94 bits per heavy atom. The molecule has 0 aromatic heterocycles. The molecule has 3 aromatic carbocycles. The van der Waals surface area contributed by atoms with E-state index in [0.29, 0.717) is 30.3 Å². The van der Waals surface area contributed by atoms with Crippen LogP contribution < -0.4 is 19.7 Å². The molecular formula is C25H23BrN2O3. The normalized spacial score (nSPS) is 15.1. The van der Waals surface area contributed by atoms with Crippen LogP contribution in [-0.4, -0.2) is 19.1 Å². The number of carbonyl (C=O) groups is 1. The van der Waals surface area contributed by atoms with Crippen molar-refractivity contribution in [3.63, 3.8) is 0 Å². The zero-order valence-electron chi connectivity index (χ0n) is 17.2. The molecule has 4 rings (SSSR count). The molecule has 0 spiro atoms. The van der Waals surface area contributed by atoms with Crippen LogP contribution in [0, 0.1) is 0 Å². The van der Waals surface area contributed by atoms with Crippen LogP contribution in [0.1, 0.15) is 29.0 Å². The van der Waals surface area contributed by atoms with Gasteiger partial charge in [-0.15, -0.1) is 0 Å². The first kappa shape index (κ1) is 21.0. The highest BCUT2D eigenvalue weighted by Crippen LogP contribution is 2.41. The smallest absolute Gasteiger partial charge is 0.262 e. The quantitative estimate of drug-likeness (QED) is 0.411. The largest absolute Gasteiger partial charge is 0.494 e. The summed E-state index contributed by atoms with van der Waals surface area (Å²) in [5, 5.41) is 3.53. The van der Waals surface area contributed by atoms with Crippen LogP contribution in [-0.2, 0) is 0 Å². The Labute approximate surface area is 190 Å². The van der Waals surface area contributed by atoms with Gasteiger partial charge in [-0.1, -0.05) is 52.9 Å². The van der Waals surface area contributed by atoms with Crippen molar-refractivity contribution in [2.75, 3.05) is 23.4 Å². The maximum atomic E-state index is 13.7. The van der Waals surface area contributed by atoms with Crippen molar-refractivity contribution in [3.05, 3.63) is 95.0 Å². The number of benzene rings is 3. The van der Waals surface area contributed by atoms with Crippen molar-refractivity contribution in [1.29, 1.82) is 0 Å². The number of rotatable bonds is 7. The standard InChI is InChI=1S/C25H23BrN2O3/c1-3-14-31-23-11-6-5-10-20(23)24-27-22-13-12-17(26)15-21(22)25(29)28(24)18-8-7-9-19(16-18)30-4-2/h3,5-13,15-16,24,27H,1,4,14H2,2H3/t24-/m0/s1. The minimum atomic E-state index is -0.459. The molecule has 31 heavy (non-hydrogen) atoms. The van der Waals surface area contributed by atoms with Crippen LogP contribution in [0.4, 0.5) is 11.4 Å². The van der Waals surface area contributed by atoms with E-state index in [1.54, 1.807) is 11.0 Å². The molecule has 0 saturated heterocycles. The molecule has 0 bridgehead atoms. The molecule has 1 heterocycles. The van der Waals surface area contributed by atoms with Gasteiger partial charge in [-0.05, 0) is 43.3 Å². The summed E-state index contributed by atoms with van der Waals surface area (Å²) in [5.74, 6) is 1.30. The molecule has 0 aliphatic carbocycles. The van der Waals surface area contributed by atoms with Gasteiger partial charge in [-0.2, -0.15) is 0 Å². The molecule has 1 atom stereocenters. The third-order valence-corrected chi connectivity index (χ3v) is 5.45. The lowest BCUT2D eigenvalue weighted by atomic mass is 10.0. The molecule has 1 aliphatic rings. The van der Waals surface area contributed by atoms with E-state index >= 15 is 0 Å². The number of hydrogen-bond acceptors (Lipinski definition) is 4. The summed E-state index contributed by atoms with van der Waals surface area (Å²) in [6.07, 6.45) is 1.24. The van der Waals surface area contributed by atoms with E-state index in [4.69, 9.17) is 9.47 Å². The number of fused-ring (bicyclic) bond motifs is 1. The molecule has 1 amide bonds. The summed E-state index contributed by atoms with van der Waals surface area (Å²) in [7, 11) is 0. The van der Waals surface area contributed by atoms with E-state index in [1.807, 2.05) is 73.7 Å². The number of para-hydroxylation sites is 1. The average Bonchev–Trinajstić information content (AvgIpc) is 2.78. The summed E-state index contributed by atoms with van der Waals surface area (Å²) in [5.41, 5.74) is 2.96. The topological polar surface area (TPSA) is 50.8 Å². The highest BCUT2D eigenvalue weighted by atomic mass is 79.9. The Morgan fingerprint density at radius 1 is 1.10 bits per heavy atom. The minimum Gasteiger partial charge on any atom is -0.494 e. The van der Waals surface area contributed by atoms with Gasteiger partial charge in [-0.25, -0.2) is 0 Å². The second kappa shape index (κ2) is 9.27. The molecule has 0 fully saturated rings. The second-order valence-corrected chi connectivity index (χ2v) is 7.90. The van der Waals surface area contributed by atoms with Gasteiger partial charge in [0.25, 0.3) is 5.91 Å². The minimum absolute atomic E-state index is 0.104. The summed E-state index contributed by atoms with van der Waals surface area (Å²) in [6.45, 7) is 6.59. The van der Waals surface area contributed by atoms with Crippen LogP contribution in [0.2, 0.25) is 0 Å². The van der Waals surface area contributed by atoms with Crippen molar-refractivity contribution in [3.8, 4) is 11.5 Å². The molecule has 0 saturated carbocycles. The van der Waals surface area contributed by atoms with Crippen LogP contribution in [0.15, 0.2) is 83.9 Å². The number of anilines is 2. The third kappa shape index (κ3) is 4.30. The maximum Gasteiger partial charge on any atom is 0.262 e. The second-order valence-electron chi connectivity index (χ2n) is 6.98. The number of ether oxygens (including phenoxy) is 2. The van der Waals surface area contributed by atoms with E-state index in [0.717, 1.165) is 21.4 Å². The lowest BCUT2D eigenvalue weighted by Gasteiger charge is -2.38. The van der Waals surface area contributed by atoms with E-state index in [1.165, 1.54) is 0 Å². The molecule has 3 aromatic rings. The van der Waals surface area contributed by atoms with Gasteiger partial charge in [0.1, 0.15) is 24.3 Å². The zero-order valence-corrected chi connectivity index (χ0v) is 18.8. The lowest BCUT2D eigenvalue weighted by Crippen LogP contribution is -2.43. The number of nitrogens with zero attached hydrogens (tertiary/aromatic N) is 1. The SMILES string of the molecule is C=CCOc1ccccc1[C@H]1Nc2ccc(Br)cc2C(=O)N1c1cccc(OCC)c1. The van der Waals surface area contributed by atoms with Crippen LogP contribution in [0.25, 0.3) is 0 Å². The molecule has 6 heteroatoms. The highest BCUT2D eigenvalue weighted by Gasteiger charge is 2.35. The predicted molar refractivity (Wildman–Crippen MR) is 127 cm³/mol. The first-order chi connectivity index (χ1) is 15.1. The van der Waals surface area contributed by atoms with Crippen molar-refractivity contribution in [2.24, 2.45) is 0 Å². The zero-order chi connectivity index (χ0) is 21.8. The predicted octanol–water partition coefficient (Wildman–Crippen LogP) is 6.18.